The molecule has 2 aromatic carbocycles. The predicted molar refractivity (Wildman–Crippen MR) is 354 cm³/mol. The highest BCUT2D eigenvalue weighted by Gasteiger charge is 2.34. The highest BCUT2D eigenvalue weighted by atomic mass is 16.4. The number of urea groups is 1. The number of unbranched alkanes of at least 4 members (excludes halogenated alkanes) is 6. The van der Waals surface area contributed by atoms with Crippen LogP contribution in [0.4, 0.5) is 4.79 Å². The molecule has 0 saturated carbocycles. The van der Waals surface area contributed by atoms with Crippen molar-refractivity contribution in [3.8, 4) is 5.75 Å². The number of nitrogens with zero attached hydrogens (tertiary/aromatic N) is 4. The topological polar surface area (TPSA) is 462 Å². The highest BCUT2D eigenvalue weighted by molar-refractivity contribution is 5.94. The van der Waals surface area contributed by atoms with Crippen LogP contribution in [0.3, 0.4) is 0 Å². The first-order valence-electron chi connectivity index (χ1n) is 33.5. The van der Waals surface area contributed by atoms with Gasteiger partial charge in [0.2, 0.25) is 11.8 Å². The third kappa shape index (κ3) is 35.5. The average Bonchev–Trinajstić information content (AvgIpc) is 0.864. The summed E-state index contributed by atoms with van der Waals surface area (Å²) in [6.45, 7) is 3.76. The van der Waals surface area contributed by atoms with E-state index in [9.17, 15) is 103 Å². The Bertz CT molecular complexity index is 2950. The highest BCUT2D eigenvalue weighted by Crippen LogP contribution is 2.24. The van der Waals surface area contributed by atoms with Crippen LogP contribution in [0, 0.1) is 18.8 Å². The summed E-state index contributed by atoms with van der Waals surface area (Å²) in [5.74, 6) is -13.3. The third-order valence-electron chi connectivity index (χ3n) is 17.0. The van der Waals surface area contributed by atoms with E-state index in [4.69, 9.17) is 5.11 Å². The monoisotopic (exact) mass is 1380 g/mol. The number of aliphatic carboxylic acids is 7. The number of rotatable bonds is 48. The second-order valence-electron chi connectivity index (χ2n) is 25.2. The van der Waals surface area contributed by atoms with Gasteiger partial charge in [0.05, 0.1) is 31.6 Å². The van der Waals surface area contributed by atoms with Crippen molar-refractivity contribution < 1.29 is 108 Å². The summed E-state index contributed by atoms with van der Waals surface area (Å²) in [7, 11) is 0. The van der Waals surface area contributed by atoms with Gasteiger partial charge in [0.25, 0.3) is 0 Å². The Hall–Kier alpha value is -8.74. The lowest BCUT2D eigenvalue weighted by Gasteiger charge is -2.35. The first kappa shape index (κ1) is 83.5. The van der Waals surface area contributed by atoms with Crippen molar-refractivity contribution in [3.63, 3.8) is 0 Å². The Kier molecular flexibility index (Phi) is 38.9. The van der Waals surface area contributed by atoms with Crippen molar-refractivity contribution in [3.05, 3.63) is 65.2 Å². The molecule has 0 aromatic heterocycles. The van der Waals surface area contributed by atoms with Gasteiger partial charge in [0.15, 0.2) is 5.78 Å². The first-order chi connectivity index (χ1) is 46.5. The molecular formula is C68H100N8O22. The van der Waals surface area contributed by atoms with Crippen LogP contribution in [0.25, 0.3) is 0 Å². The van der Waals surface area contributed by atoms with Gasteiger partial charge >= 0.3 is 47.8 Å². The smallest absolute Gasteiger partial charge is 0.326 e. The SMILES string of the molecule is CC(=O)CN1CCN(CC(=O)O)CCN(C(CCC(=O)CC(Cc2ccc(O)c(C)c2)C(=O)N[C@H](Cc2ccccc2)C(=O)C[C@H](CCCCCC(=O)CCCCCCC(=O)NCCCCC(NC(=O)N[C@@H](CCC(=O)O)C(=O)O)C(=O)O)C(=O)O)C(=O)O)CCN(CC(=O)O)CC1. The molecule has 98 heavy (non-hydrogen) atoms. The van der Waals surface area contributed by atoms with E-state index in [1.54, 1.807) is 64.1 Å². The molecule has 0 aliphatic carbocycles. The number of carboxylic acids is 7. The number of phenols is 1. The molecular weight excluding hydrogens is 1280 g/mol. The van der Waals surface area contributed by atoms with Gasteiger partial charge in [-0.3, -0.25) is 72.3 Å². The van der Waals surface area contributed by atoms with E-state index in [1.807, 2.05) is 4.90 Å². The van der Waals surface area contributed by atoms with Crippen molar-refractivity contribution >= 4 is 82.8 Å². The van der Waals surface area contributed by atoms with Crippen LogP contribution in [0.5, 0.6) is 5.75 Å². The fraction of sp³-hybridized carbons (Fsp3) is 0.618. The van der Waals surface area contributed by atoms with E-state index in [0.717, 1.165) is 0 Å². The Morgan fingerprint density at radius 2 is 1.00 bits per heavy atom. The summed E-state index contributed by atoms with van der Waals surface area (Å²) in [6.07, 6.45) is 3.06. The number of Topliss-reactive ketones (excluding diaryl/α,β-unsaturated/α-hetero) is 4. The van der Waals surface area contributed by atoms with Crippen LogP contribution < -0.4 is 21.3 Å². The Morgan fingerprint density at radius 1 is 0.459 bits per heavy atom. The van der Waals surface area contributed by atoms with E-state index in [-0.39, 0.29) is 153 Å². The largest absolute Gasteiger partial charge is 0.508 e. The zero-order valence-electron chi connectivity index (χ0n) is 56.2. The summed E-state index contributed by atoms with van der Waals surface area (Å²) >= 11 is 0. The molecule has 544 valence electrons. The Morgan fingerprint density at radius 3 is 1.53 bits per heavy atom. The summed E-state index contributed by atoms with van der Waals surface area (Å²) in [4.78, 5) is 183. The Balaban J connectivity index is 1.58. The lowest BCUT2D eigenvalue weighted by Crippen LogP contribution is -2.51. The van der Waals surface area contributed by atoms with Crippen LogP contribution >= 0.6 is 0 Å². The van der Waals surface area contributed by atoms with E-state index in [2.05, 4.69) is 21.3 Å². The summed E-state index contributed by atoms with van der Waals surface area (Å²) < 4.78 is 0. The number of hydrogen-bond donors (Lipinski definition) is 12. The maximum atomic E-state index is 14.6. The van der Waals surface area contributed by atoms with Gasteiger partial charge in [-0.25, -0.2) is 14.4 Å². The molecule has 3 unspecified atom stereocenters. The third-order valence-corrected chi connectivity index (χ3v) is 17.0. The van der Waals surface area contributed by atoms with Gasteiger partial charge < -0.3 is 62.1 Å². The van der Waals surface area contributed by atoms with Crippen molar-refractivity contribution in [2.24, 2.45) is 11.8 Å². The molecule has 2 aromatic rings. The molecule has 0 radical (unpaired) electrons. The number of benzene rings is 2. The fourth-order valence-corrected chi connectivity index (χ4v) is 11.5. The van der Waals surface area contributed by atoms with Gasteiger partial charge in [0, 0.05) is 110 Å². The minimum atomic E-state index is -1.53. The zero-order chi connectivity index (χ0) is 72.7. The molecule has 0 spiro atoms. The molecule has 1 heterocycles. The van der Waals surface area contributed by atoms with Crippen LogP contribution in [0.15, 0.2) is 48.5 Å². The van der Waals surface area contributed by atoms with Crippen molar-refractivity contribution in [2.75, 3.05) is 78.5 Å². The standard InChI is InChI=1S/C68H100N8O22/c1-45-37-48(22-26-57(45)80)38-50(40-52(79)23-25-56(67(96)97)76-35-33-74(43-61(85)86)31-29-73(42-46(2)77)30-32-75(34-36-76)44-62(87)88)63(89)70-55(39-47-15-7-5-8-16-47)58(81)41-49(64(90)91)17-9-6-11-19-51(78)18-10-3-4-12-21-59(82)69-28-14-13-20-53(65(92)93)71-68(98)72-54(66(94)95)24-27-60(83)84/h5,7-8,15-16,22,26,37,49-50,53-56,80H,3-4,6,9-14,17-21,23-25,27-36,38-44H2,1-2H3,(H,69,82)(H,70,89)(H,83,84)(H,85,86)(H,87,88)(H,90,91)(H,92,93)(H,94,95)(H,96,97)(H2,71,72,98)/t49-,50?,53?,54-,55+,56?/m0/s1. The second-order valence-corrected chi connectivity index (χ2v) is 25.2. The quantitative estimate of drug-likeness (QED) is 0.0421. The van der Waals surface area contributed by atoms with Crippen LogP contribution in [-0.4, -0.2) is 246 Å². The summed E-state index contributed by atoms with van der Waals surface area (Å²) in [5.41, 5.74) is 1.69. The molecule has 30 nitrogen and oxygen atoms in total. The summed E-state index contributed by atoms with van der Waals surface area (Å²) in [6, 6.07) is 6.86. The van der Waals surface area contributed by atoms with Gasteiger partial charge in [-0.05, 0) is 107 Å². The number of hydrogen-bond acceptors (Lipinski definition) is 19. The van der Waals surface area contributed by atoms with Crippen molar-refractivity contribution in [2.45, 2.75) is 179 Å². The summed E-state index contributed by atoms with van der Waals surface area (Å²) in [5, 5.41) is 88.2. The zero-order valence-corrected chi connectivity index (χ0v) is 56.2. The average molecular weight is 1380 g/mol. The minimum absolute atomic E-state index is 0.0145. The number of phenolic OH excluding ortho intramolecular Hbond substituents is 1. The van der Waals surface area contributed by atoms with Gasteiger partial charge in [-0.2, -0.15) is 0 Å². The number of nitrogens with one attached hydrogen (secondary N) is 4. The van der Waals surface area contributed by atoms with Crippen LogP contribution in [-0.2, 0) is 75.2 Å². The number of carbonyl (C=O) groups is 14. The number of carbonyl (C=O) groups excluding carboxylic acids is 7. The normalized spacial score (nSPS) is 15.4. The number of amides is 4. The Labute approximate surface area is 570 Å². The molecule has 3 rings (SSSR count). The molecule has 6 atom stereocenters. The van der Waals surface area contributed by atoms with E-state index < -0.39 is 127 Å². The molecule has 1 aliphatic rings. The molecule has 1 saturated heterocycles. The van der Waals surface area contributed by atoms with E-state index in [0.29, 0.717) is 80.9 Å². The minimum Gasteiger partial charge on any atom is -0.508 e. The number of aromatic hydroxyl groups is 1. The maximum absolute atomic E-state index is 14.6. The first-order valence-corrected chi connectivity index (χ1v) is 33.5. The van der Waals surface area contributed by atoms with Crippen molar-refractivity contribution in [1.29, 1.82) is 0 Å². The molecule has 30 heteroatoms. The fourth-order valence-electron chi connectivity index (χ4n) is 11.5. The molecule has 1 aliphatic heterocycles. The number of carboxylic acid groups (broad SMARTS) is 7. The van der Waals surface area contributed by atoms with E-state index >= 15 is 0 Å². The molecule has 4 amide bonds. The number of ketones is 4. The van der Waals surface area contributed by atoms with Crippen LogP contribution in [0.1, 0.15) is 152 Å². The molecule has 0 bridgehead atoms. The van der Waals surface area contributed by atoms with Gasteiger partial charge in [0.1, 0.15) is 41.2 Å². The number of aryl methyl sites for hydroxylation is 1. The lowest BCUT2D eigenvalue weighted by atomic mass is 9.88. The van der Waals surface area contributed by atoms with Crippen LogP contribution in [0.2, 0.25) is 0 Å². The lowest BCUT2D eigenvalue weighted by molar-refractivity contribution is -0.145. The maximum Gasteiger partial charge on any atom is 0.326 e. The van der Waals surface area contributed by atoms with Crippen molar-refractivity contribution in [1.82, 2.24) is 40.9 Å². The van der Waals surface area contributed by atoms with Gasteiger partial charge in [-0.1, -0.05) is 68.1 Å². The van der Waals surface area contributed by atoms with Gasteiger partial charge in [-0.15, -0.1) is 0 Å². The van der Waals surface area contributed by atoms with E-state index in [1.165, 1.54) is 13.0 Å². The predicted octanol–water partition coefficient (Wildman–Crippen LogP) is 3.64. The molecule has 12 N–H and O–H groups in total. The molecule has 1 fully saturated rings. The second kappa shape index (κ2) is 45.7.